The summed E-state index contributed by atoms with van der Waals surface area (Å²) in [7, 11) is 4.09. The lowest BCUT2D eigenvalue weighted by Gasteiger charge is -2.27. The molecule has 2 rings (SSSR count). The van der Waals surface area contributed by atoms with Crippen molar-refractivity contribution in [2.45, 2.75) is 26.3 Å². The van der Waals surface area contributed by atoms with Gasteiger partial charge in [0.15, 0.2) is 5.76 Å². The van der Waals surface area contributed by atoms with Gasteiger partial charge in [-0.25, -0.2) is 0 Å². The van der Waals surface area contributed by atoms with Gasteiger partial charge in [0.05, 0.1) is 6.26 Å². The minimum absolute atomic E-state index is 0.00108. The van der Waals surface area contributed by atoms with E-state index in [-0.39, 0.29) is 23.5 Å². The van der Waals surface area contributed by atoms with Crippen LogP contribution in [0, 0.1) is 11.8 Å². The molecule has 2 heterocycles. The van der Waals surface area contributed by atoms with Gasteiger partial charge < -0.3 is 19.5 Å². The zero-order valence-electron chi connectivity index (χ0n) is 14.4. The molecule has 1 aromatic rings. The molecule has 2 atom stereocenters. The lowest BCUT2D eigenvalue weighted by molar-refractivity contribution is -0.133. The fourth-order valence-corrected chi connectivity index (χ4v) is 3.03. The normalized spacial score (nSPS) is 19.4. The molecule has 1 aliphatic heterocycles. The lowest BCUT2D eigenvalue weighted by Crippen LogP contribution is -2.50. The van der Waals surface area contributed by atoms with Crippen molar-refractivity contribution in [3.05, 3.63) is 24.2 Å². The summed E-state index contributed by atoms with van der Waals surface area (Å²) in [6.07, 6.45) is 2.47. The molecule has 23 heavy (non-hydrogen) atoms. The molecule has 0 radical (unpaired) electrons. The highest BCUT2D eigenvalue weighted by atomic mass is 16.3. The van der Waals surface area contributed by atoms with E-state index < -0.39 is 6.04 Å². The van der Waals surface area contributed by atoms with Crippen LogP contribution in [-0.4, -0.2) is 61.4 Å². The van der Waals surface area contributed by atoms with Crippen LogP contribution in [0.1, 0.15) is 30.8 Å². The molecule has 0 aromatic carbocycles. The topological polar surface area (TPSA) is 65.8 Å². The molecule has 6 heteroatoms. The summed E-state index contributed by atoms with van der Waals surface area (Å²) >= 11 is 0. The first-order valence-corrected chi connectivity index (χ1v) is 8.16. The second kappa shape index (κ2) is 7.64. The van der Waals surface area contributed by atoms with Gasteiger partial charge in [-0.15, -0.1) is 0 Å². The molecule has 2 amide bonds. The van der Waals surface area contributed by atoms with Gasteiger partial charge in [-0.3, -0.25) is 9.59 Å². The number of rotatable bonds is 6. The van der Waals surface area contributed by atoms with Crippen LogP contribution < -0.4 is 5.32 Å². The Balaban J connectivity index is 1.98. The fourth-order valence-electron chi connectivity index (χ4n) is 3.03. The summed E-state index contributed by atoms with van der Waals surface area (Å²) in [4.78, 5) is 29.0. The quantitative estimate of drug-likeness (QED) is 0.861. The summed E-state index contributed by atoms with van der Waals surface area (Å²) in [6.45, 7) is 6.39. The zero-order chi connectivity index (χ0) is 17.0. The Labute approximate surface area is 137 Å². The summed E-state index contributed by atoms with van der Waals surface area (Å²) in [5.41, 5.74) is 0. The van der Waals surface area contributed by atoms with E-state index in [2.05, 4.69) is 10.2 Å². The molecule has 0 bridgehead atoms. The van der Waals surface area contributed by atoms with Crippen LogP contribution in [0.4, 0.5) is 0 Å². The van der Waals surface area contributed by atoms with Gasteiger partial charge in [0, 0.05) is 19.6 Å². The predicted octanol–water partition coefficient (Wildman–Crippen LogP) is 1.44. The number of likely N-dealkylation sites (tertiary alicyclic amines) is 1. The Bertz CT molecular complexity index is 525. The van der Waals surface area contributed by atoms with Crippen LogP contribution >= 0.6 is 0 Å². The van der Waals surface area contributed by atoms with E-state index in [0.717, 1.165) is 26.1 Å². The Morgan fingerprint density at radius 3 is 2.74 bits per heavy atom. The summed E-state index contributed by atoms with van der Waals surface area (Å²) < 4.78 is 5.10. The Morgan fingerprint density at radius 1 is 1.43 bits per heavy atom. The molecule has 1 fully saturated rings. The maximum atomic E-state index is 12.8. The number of nitrogens with one attached hydrogen (secondary N) is 1. The molecular formula is C17H27N3O3. The van der Waals surface area contributed by atoms with Crippen LogP contribution in [-0.2, 0) is 4.79 Å². The van der Waals surface area contributed by atoms with E-state index in [9.17, 15) is 9.59 Å². The van der Waals surface area contributed by atoms with Crippen LogP contribution in [0.25, 0.3) is 0 Å². The van der Waals surface area contributed by atoms with Crippen molar-refractivity contribution < 1.29 is 14.0 Å². The van der Waals surface area contributed by atoms with Crippen LogP contribution in [0.2, 0.25) is 0 Å². The Hall–Kier alpha value is -1.82. The first kappa shape index (κ1) is 17.5. The molecule has 0 aliphatic carbocycles. The molecule has 1 aliphatic rings. The highest BCUT2D eigenvalue weighted by Crippen LogP contribution is 2.19. The number of nitrogens with zero attached hydrogens (tertiary/aromatic N) is 2. The highest BCUT2D eigenvalue weighted by Gasteiger charge is 2.33. The van der Waals surface area contributed by atoms with Crippen molar-refractivity contribution in [1.29, 1.82) is 0 Å². The van der Waals surface area contributed by atoms with Gasteiger partial charge in [0.25, 0.3) is 5.91 Å². The van der Waals surface area contributed by atoms with Crippen molar-refractivity contribution in [2.24, 2.45) is 11.8 Å². The minimum atomic E-state index is -0.522. The number of hydrogen-bond acceptors (Lipinski definition) is 4. The van der Waals surface area contributed by atoms with Gasteiger partial charge in [-0.05, 0) is 44.5 Å². The van der Waals surface area contributed by atoms with Crippen LogP contribution in [0.3, 0.4) is 0 Å². The number of carbonyl (C=O) groups is 2. The summed E-state index contributed by atoms with van der Waals surface area (Å²) in [5.74, 6) is 0.416. The third kappa shape index (κ3) is 4.58. The monoisotopic (exact) mass is 321 g/mol. The third-order valence-corrected chi connectivity index (χ3v) is 4.19. The van der Waals surface area contributed by atoms with Gasteiger partial charge in [-0.2, -0.15) is 0 Å². The van der Waals surface area contributed by atoms with Gasteiger partial charge >= 0.3 is 0 Å². The van der Waals surface area contributed by atoms with E-state index in [1.807, 2.05) is 32.8 Å². The highest BCUT2D eigenvalue weighted by molar-refractivity contribution is 5.95. The number of hydrogen-bond donors (Lipinski definition) is 1. The number of carbonyl (C=O) groups excluding carboxylic acids is 2. The minimum Gasteiger partial charge on any atom is -0.459 e. The predicted molar refractivity (Wildman–Crippen MR) is 88.0 cm³/mol. The average Bonchev–Trinajstić information content (AvgIpc) is 3.13. The van der Waals surface area contributed by atoms with Crippen LogP contribution in [0.5, 0.6) is 0 Å². The first-order chi connectivity index (χ1) is 10.9. The first-order valence-electron chi connectivity index (χ1n) is 8.16. The second-order valence-corrected chi connectivity index (χ2v) is 6.87. The Morgan fingerprint density at radius 2 is 2.17 bits per heavy atom. The molecule has 1 saturated heterocycles. The third-order valence-electron chi connectivity index (χ3n) is 4.19. The summed E-state index contributed by atoms with van der Waals surface area (Å²) in [6, 6.07) is 2.74. The molecule has 6 nitrogen and oxygen atoms in total. The second-order valence-electron chi connectivity index (χ2n) is 6.87. The molecule has 128 valence electrons. The van der Waals surface area contributed by atoms with Gasteiger partial charge in [0.2, 0.25) is 5.91 Å². The Kier molecular flexibility index (Phi) is 5.82. The standard InChI is InChI=1S/C17H27N3O3/c1-12(2)15(18-16(21)14-6-5-9-23-14)17(22)20-8-7-13(11-20)10-19(3)4/h5-6,9,12-13,15H,7-8,10-11H2,1-4H3,(H,18,21)/t13-,15+/m0/s1. The molecule has 0 unspecified atom stereocenters. The number of amides is 2. The summed E-state index contributed by atoms with van der Waals surface area (Å²) in [5, 5.41) is 2.82. The SMILES string of the molecule is CC(C)[C@@H](NC(=O)c1ccco1)C(=O)N1CC[C@@H](CN(C)C)C1. The molecule has 1 aromatic heterocycles. The van der Waals surface area contributed by atoms with Crippen molar-refractivity contribution in [3.8, 4) is 0 Å². The van der Waals surface area contributed by atoms with Crippen molar-refractivity contribution in [1.82, 2.24) is 15.1 Å². The average molecular weight is 321 g/mol. The van der Waals surface area contributed by atoms with E-state index in [0.29, 0.717) is 5.92 Å². The van der Waals surface area contributed by atoms with E-state index in [1.54, 1.807) is 12.1 Å². The molecular weight excluding hydrogens is 294 g/mol. The lowest BCUT2D eigenvalue weighted by atomic mass is 10.0. The largest absolute Gasteiger partial charge is 0.459 e. The zero-order valence-corrected chi connectivity index (χ0v) is 14.4. The smallest absolute Gasteiger partial charge is 0.287 e. The van der Waals surface area contributed by atoms with Crippen molar-refractivity contribution in [3.63, 3.8) is 0 Å². The van der Waals surface area contributed by atoms with Crippen LogP contribution in [0.15, 0.2) is 22.8 Å². The van der Waals surface area contributed by atoms with E-state index >= 15 is 0 Å². The van der Waals surface area contributed by atoms with Gasteiger partial charge in [0.1, 0.15) is 6.04 Å². The fraction of sp³-hybridized carbons (Fsp3) is 0.647. The van der Waals surface area contributed by atoms with Gasteiger partial charge in [-0.1, -0.05) is 13.8 Å². The van der Waals surface area contributed by atoms with E-state index in [4.69, 9.17) is 4.42 Å². The van der Waals surface area contributed by atoms with Crippen molar-refractivity contribution >= 4 is 11.8 Å². The molecule has 1 N–H and O–H groups in total. The van der Waals surface area contributed by atoms with E-state index in [1.165, 1.54) is 6.26 Å². The molecule has 0 saturated carbocycles. The molecule has 0 spiro atoms. The number of furan rings is 1. The van der Waals surface area contributed by atoms with Crippen molar-refractivity contribution in [2.75, 3.05) is 33.7 Å². The maximum Gasteiger partial charge on any atom is 0.287 e. The maximum absolute atomic E-state index is 12.8.